The Morgan fingerprint density at radius 2 is 2.00 bits per heavy atom. The van der Waals surface area contributed by atoms with E-state index in [0.29, 0.717) is 6.61 Å². The predicted octanol–water partition coefficient (Wildman–Crippen LogP) is 4.53. The summed E-state index contributed by atoms with van der Waals surface area (Å²) in [6.07, 6.45) is 1.04. The molecule has 0 aliphatic heterocycles. The SMILES string of the molecule is Cc1cccc(OCc2nc3ccc(Cl)cc3n2CCCN(C)C)c1. The van der Waals surface area contributed by atoms with Gasteiger partial charge in [-0.3, -0.25) is 0 Å². The van der Waals surface area contributed by atoms with Crippen LogP contribution >= 0.6 is 11.6 Å². The largest absolute Gasteiger partial charge is 0.486 e. The third-order valence-corrected chi connectivity index (χ3v) is 4.37. The van der Waals surface area contributed by atoms with Gasteiger partial charge in [0.25, 0.3) is 0 Å². The summed E-state index contributed by atoms with van der Waals surface area (Å²) in [7, 11) is 4.18. The molecule has 0 unspecified atom stereocenters. The highest BCUT2D eigenvalue weighted by Crippen LogP contribution is 2.22. The highest BCUT2D eigenvalue weighted by Gasteiger charge is 2.12. The Hall–Kier alpha value is -2.04. The van der Waals surface area contributed by atoms with Gasteiger partial charge in [0, 0.05) is 11.6 Å². The molecule has 132 valence electrons. The average molecular weight is 358 g/mol. The summed E-state index contributed by atoms with van der Waals surface area (Å²) in [6.45, 7) is 4.42. The van der Waals surface area contributed by atoms with Crippen molar-refractivity contribution < 1.29 is 4.74 Å². The molecule has 0 N–H and O–H groups in total. The zero-order valence-corrected chi connectivity index (χ0v) is 15.8. The zero-order chi connectivity index (χ0) is 17.8. The second-order valence-electron chi connectivity index (χ2n) is 6.57. The topological polar surface area (TPSA) is 30.3 Å². The first kappa shape index (κ1) is 17.8. The summed E-state index contributed by atoms with van der Waals surface area (Å²) in [5, 5.41) is 0.729. The zero-order valence-electron chi connectivity index (χ0n) is 15.0. The number of ether oxygens (including phenoxy) is 1. The Balaban J connectivity index is 1.84. The monoisotopic (exact) mass is 357 g/mol. The van der Waals surface area contributed by atoms with Crippen LogP contribution in [0.25, 0.3) is 11.0 Å². The van der Waals surface area contributed by atoms with Crippen LogP contribution in [0.4, 0.5) is 0 Å². The smallest absolute Gasteiger partial charge is 0.147 e. The van der Waals surface area contributed by atoms with Crippen LogP contribution in [0.15, 0.2) is 42.5 Å². The molecule has 0 saturated carbocycles. The minimum absolute atomic E-state index is 0.442. The molecule has 3 aromatic rings. The number of hydrogen-bond acceptors (Lipinski definition) is 3. The first-order valence-corrected chi connectivity index (χ1v) is 8.89. The van der Waals surface area contributed by atoms with E-state index in [9.17, 15) is 0 Å². The number of nitrogens with zero attached hydrogens (tertiary/aromatic N) is 3. The molecule has 0 fully saturated rings. The Morgan fingerprint density at radius 3 is 2.76 bits per heavy atom. The highest BCUT2D eigenvalue weighted by atomic mass is 35.5. The van der Waals surface area contributed by atoms with Gasteiger partial charge in [-0.1, -0.05) is 23.7 Å². The lowest BCUT2D eigenvalue weighted by Crippen LogP contribution is -2.16. The fourth-order valence-corrected chi connectivity index (χ4v) is 3.07. The van der Waals surface area contributed by atoms with Crippen molar-refractivity contribution in [2.75, 3.05) is 20.6 Å². The maximum Gasteiger partial charge on any atom is 0.147 e. The number of fused-ring (bicyclic) bond motifs is 1. The molecular formula is C20H24ClN3O. The van der Waals surface area contributed by atoms with Gasteiger partial charge in [0.2, 0.25) is 0 Å². The Bertz CT molecular complexity index is 857. The number of aromatic nitrogens is 2. The number of imidazole rings is 1. The maximum atomic E-state index is 6.19. The molecule has 0 saturated heterocycles. The van der Waals surface area contributed by atoms with Crippen molar-refractivity contribution in [1.29, 1.82) is 0 Å². The van der Waals surface area contributed by atoms with E-state index in [4.69, 9.17) is 21.3 Å². The minimum atomic E-state index is 0.442. The van der Waals surface area contributed by atoms with E-state index in [-0.39, 0.29) is 0 Å². The van der Waals surface area contributed by atoms with Gasteiger partial charge in [0.05, 0.1) is 11.0 Å². The normalized spacial score (nSPS) is 11.4. The van der Waals surface area contributed by atoms with Crippen molar-refractivity contribution in [3.63, 3.8) is 0 Å². The summed E-state index contributed by atoms with van der Waals surface area (Å²) in [5.41, 5.74) is 3.20. The fraction of sp³-hybridized carbons (Fsp3) is 0.350. The van der Waals surface area contributed by atoms with E-state index in [1.807, 2.05) is 36.4 Å². The lowest BCUT2D eigenvalue weighted by Gasteiger charge is -2.13. The summed E-state index contributed by atoms with van der Waals surface area (Å²) in [5.74, 6) is 1.79. The summed E-state index contributed by atoms with van der Waals surface area (Å²) >= 11 is 6.19. The molecule has 0 spiro atoms. The fourth-order valence-electron chi connectivity index (χ4n) is 2.90. The molecule has 3 rings (SSSR count). The molecule has 0 amide bonds. The van der Waals surface area contributed by atoms with Gasteiger partial charge < -0.3 is 14.2 Å². The molecule has 1 aromatic heterocycles. The first-order valence-electron chi connectivity index (χ1n) is 8.52. The maximum absolute atomic E-state index is 6.19. The van der Waals surface area contributed by atoms with Gasteiger partial charge in [-0.25, -0.2) is 4.98 Å². The van der Waals surface area contributed by atoms with E-state index in [0.717, 1.165) is 47.1 Å². The number of aryl methyl sites for hydroxylation is 2. The van der Waals surface area contributed by atoms with Crippen LogP contribution in [0.5, 0.6) is 5.75 Å². The average Bonchev–Trinajstić information content (AvgIpc) is 2.90. The van der Waals surface area contributed by atoms with Gasteiger partial charge >= 0.3 is 0 Å². The molecule has 0 aliphatic carbocycles. The van der Waals surface area contributed by atoms with Crippen molar-refractivity contribution in [3.8, 4) is 5.75 Å². The summed E-state index contributed by atoms with van der Waals surface area (Å²) < 4.78 is 8.20. The molecule has 25 heavy (non-hydrogen) atoms. The molecule has 0 atom stereocenters. The van der Waals surface area contributed by atoms with Crippen LogP contribution in [-0.2, 0) is 13.2 Å². The standard InChI is InChI=1S/C20H24ClN3O/c1-15-6-4-7-17(12-15)25-14-20-22-18-9-8-16(21)13-19(18)24(20)11-5-10-23(2)3/h4,6-9,12-13H,5,10-11,14H2,1-3H3. The van der Waals surface area contributed by atoms with E-state index in [2.05, 4.69) is 36.6 Å². The first-order chi connectivity index (χ1) is 12.0. The van der Waals surface area contributed by atoms with Crippen molar-refractivity contribution in [1.82, 2.24) is 14.5 Å². The third-order valence-electron chi connectivity index (χ3n) is 4.13. The lowest BCUT2D eigenvalue weighted by molar-refractivity contribution is 0.288. The molecule has 2 aromatic carbocycles. The molecule has 5 heteroatoms. The van der Waals surface area contributed by atoms with Crippen molar-refractivity contribution in [3.05, 3.63) is 58.9 Å². The van der Waals surface area contributed by atoms with E-state index >= 15 is 0 Å². The predicted molar refractivity (Wildman–Crippen MR) is 103 cm³/mol. The van der Waals surface area contributed by atoms with Gasteiger partial charge in [0.15, 0.2) is 0 Å². The van der Waals surface area contributed by atoms with E-state index in [1.165, 1.54) is 5.56 Å². The highest BCUT2D eigenvalue weighted by molar-refractivity contribution is 6.31. The van der Waals surface area contributed by atoms with Crippen molar-refractivity contribution in [2.45, 2.75) is 26.5 Å². The van der Waals surface area contributed by atoms with Crippen molar-refractivity contribution >= 4 is 22.6 Å². The number of benzene rings is 2. The molecule has 0 radical (unpaired) electrons. The van der Waals surface area contributed by atoms with E-state index in [1.54, 1.807) is 0 Å². The molecule has 0 aliphatic rings. The molecule has 1 heterocycles. The lowest BCUT2D eigenvalue weighted by atomic mass is 10.2. The Labute approximate surface area is 154 Å². The number of halogens is 1. The summed E-state index contributed by atoms with van der Waals surface area (Å²) in [6, 6.07) is 13.9. The summed E-state index contributed by atoms with van der Waals surface area (Å²) in [4.78, 5) is 6.94. The van der Waals surface area contributed by atoms with Gasteiger partial charge in [0.1, 0.15) is 18.2 Å². The number of rotatable bonds is 7. The van der Waals surface area contributed by atoms with Gasteiger partial charge in [-0.05, 0) is 69.9 Å². The second-order valence-corrected chi connectivity index (χ2v) is 7.01. The number of hydrogen-bond donors (Lipinski definition) is 0. The quantitative estimate of drug-likeness (QED) is 0.622. The van der Waals surface area contributed by atoms with Gasteiger partial charge in [-0.15, -0.1) is 0 Å². The van der Waals surface area contributed by atoms with Crippen LogP contribution in [-0.4, -0.2) is 35.1 Å². The second kappa shape index (κ2) is 7.89. The van der Waals surface area contributed by atoms with E-state index < -0.39 is 0 Å². The van der Waals surface area contributed by atoms with Gasteiger partial charge in [-0.2, -0.15) is 0 Å². The molecular weight excluding hydrogens is 334 g/mol. The van der Waals surface area contributed by atoms with Crippen LogP contribution in [0.3, 0.4) is 0 Å². The van der Waals surface area contributed by atoms with Crippen LogP contribution < -0.4 is 4.74 Å². The third kappa shape index (κ3) is 4.53. The van der Waals surface area contributed by atoms with Crippen molar-refractivity contribution in [2.24, 2.45) is 0 Å². The Kier molecular flexibility index (Phi) is 5.61. The van der Waals surface area contributed by atoms with Crippen LogP contribution in [0, 0.1) is 6.92 Å². The Morgan fingerprint density at radius 1 is 1.16 bits per heavy atom. The van der Waals surface area contributed by atoms with Crippen LogP contribution in [0.1, 0.15) is 17.8 Å². The van der Waals surface area contributed by atoms with Crippen LogP contribution in [0.2, 0.25) is 5.02 Å². The molecule has 4 nitrogen and oxygen atoms in total. The molecule has 0 bridgehead atoms. The minimum Gasteiger partial charge on any atom is -0.486 e.